The van der Waals surface area contributed by atoms with Crippen molar-refractivity contribution in [1.82, 2.24) is 19.3 Å². The van der Waals surface area contributed by atoms with Crippen molar-refractivity contribution in [2.24, 2.45) is 7.05 Å². The van der Waals surface area contributed by atoms with Crippen molar-refractivity contribution in [3.05, 3.63) is 66.7 Å². The molecule has 5 rings (SSSR count). The molecule has 2 aromatic heterocycles. The van der Waals surface area contributed by atoms with Crippen LogP contribution in [-0.4, -0.2) is 38.1 Å². The van der Waals surface area contributed by atoms with Crippen molar-refractivity contribution in [3.63, 3.8) is 0 Å². The minimum absolute atomic E-state index is 0.0922. The van der Waals surface area contributed by atoms with Crippen LogP contribution in [0.1, 0.15) is 6.92 Å². The van der Waals surface area contributed by atoms with E-state index >= 15 is 0 Å². The number of fused-ring (bicyclic) bond motifs is 3. The lowest BCUT2D eigenvalue weighted by Gasteiger charge is -2.08. The number of methoxy groups -OCH3 is 1. The van der Waals surface area contributed by atoms with Crippen molar-refractivity contribution < 1.29 is 9.53 Å². The van der Waals surface area contributed by atoms with Gasteiger partial charge < -0.3 is 19.2 Å². The molecular formula is C26H25N5O2S. The molecule has 0 atom stereocenters. The Morgan fingerprint density at radius 1 is 1.00 bits per heavy atom. The zero-order valence-electron chi connectivity index (χ0n) is 19.3. The molecule has 1 N–H and O–H groups in total. The van der Waals surface area contributed by atoms with E-state index in [2.05, 4.69) is 57.3 Å². The third kappa shape index (κ3) is 3.90. The largest absolute Gasteiger partial charge is 0.496 e. The quantitative estimate of drug-likeness (QED) is 0.324. The normalized spacial score (nSPS) is 11.3. The fraction of sp³-hybridized carbons (Fsp3) is 0.192. The van der Waals surface area contributed by atoms with Gasteiger partial charge in [-0.25, -0.2) is 0 Å². The van der Waals surface area contributed by atoms with E-state index in [0.29, 0.717) is 11.0 Å². The predicted octanol–water partition coefficient (Wildman–Crippen LogP) is 5.35. The number of amides is 1. The van der Waals surface area contributed by atoms with E-state index in [-0.39, 0.29) is 11.7 Å². The monoisotopic (exact) mass is 471 g/mol. The molecule has 0 spiro atoms. The van der Waals surface area contributed by atoms with Gasteiger partial charge in [0, 0.05) is 41.1 Å². The van der Waals surface area contributed by atoms with E-state index in [9.17, 15) is 4.79 Å². The number of nitrogens with zero attached hydrogens (tertiary/aromatic N) is 4. The highest BCUT2D eigenvalue weighted by Gasteiger charge is 2.16. The Hall–Kier alpha value is -3.78. The van der Waals surface area contributed by atoms with Crippen LogP contribution in [0.4, 0.5) is 5.69 Å². The average molecular weight is 472 g/mol. The summed E-state index contributed by atoms with van der Waals surface area (Å²) in [6.45, 7) is 3.03. The lowest BCUT2D eigenvalue weighted by Crippen LogP contribution is -2.14. The molecule has 0 aliphatic carbocycles. The smallest absolute Gasteiger partial charge is 0.234 e. The van der Waals surface area contributed by atoms with Gasteiger partial charge in [0.15, 0.2) is 11.0 Å². The average Bonchev–Trinajstić information content (AvgIpc) is 3.39. The zero-order valence-corrected chi connectivity index (χ0v) is 20.1. The molecule has 0 fully saturated rings. The van der Waals surface area contributed by atoms with Gasteiger partial charge in [0.25, 0.3) is 0 Å². The Labute approximate surface area is 201 Å². The number of rotatable bonds is 7. The molecule has 3 aromatic carbocycles. The number of thioether (sulfide) groups is 1. The van der Waals surface area contributed by atoms with Gasteiger partial charge in [-0.15, -0.1) is 10.2 Å². The third-order valence-electron chi connectivity index (χ3n) is 5.89. The SMILES string of the molecule is CCn1c2ccccc2c2cc(NC(=O)CSc3nnc(-c4ccccc4OC)n3C)ccc21. The van der Waals surface area contributed by atoms with Gasteiger partial charge in [0.1, 0.15) is 5.75 Å². The molecule has 0 bridgehead atoms. The molecule has 172 valence electrons. The van der Waals surface area contributed by atoms with Crippen molar-refractivity contribution in [2.45, 2.75) is 18.6 Å². The van der Waals surface area contributed by atoms with Crippen molar-refractivity contribution >= 4 is 45.2 Å². The van der Waals surface area contributed by atoms with Crippen LogP contribution in [0.5, 0.6) is 5.75 Å². The van der Waals surface area contributed by atoms with Crippen LogP contribution in [0, 0.1) is 0 Å². The van der Waals surface area contributed by atoms with Crippen molar-refractivity contribution in [2.75, 3.05) is 18.2 Å². The Balaban J connectivity index is 1.32. The van der Waals surface area contributed by atoms with E-state index in [1.165, 1.54) is 28.2 Å². The minimum atomic E-state index is -0.0922. The number of carbonyl (C=O) groups excluding carboxylic acids is 1. The van der Waals surface area contributed by atoms with E-state index in [1.54, 1.807) is 7.11 Å². The van der Waals surface area contributed by atoms with Gasteiger partial charge in [-0.05, 0) is 43.3 Å². The van der Waals surface area contributed by atoms with Crippen molar-refractivity contribution in [1.29, 1.82) is 0 Å². The van der Waals surface area contributed by atoms with Crippen LogP contribution in [0.15, 0.2) is 71.9 Å². The van der Waals surface area contributed by atoms with E-state index < -0.39 is 0 Å². The predicted molar refractivity (Wildman–Crippen MR) is 137 cm³/mol. The summed E-state index contributed by atoms with van der Waals surface area (Å²) in [6.07, 6.45) is 0. The van der Waals surface area contributed by atoms with Crippen LogP contribution in [0.2, 0.25) is 0 Å². The maximum absolute atomic E-state index is 12.7. The molecular weight excluding hydrogens is 446 g/mol. The first-order chi connectivity index (χ1) is 16.6. The molecule has 1 amide bonds. The van der Waals surface area contributed by atoms with Gasteiger partial charge in [-0.1, -0.05) is 42.1 Å². The number of hydrogen-bond donors (Lipinski definition) is 1. The fourth-order valence-corrected chi connectivity index (χ4v) is 5.01. The first kappa shape index (κ1) is 22.0. The maximum atomic E-state index is 12.7. The number of aryl methyl sites for hydroxylation is 1. The first-order valence-corrected chi connectivity index (χ1v) is 12.1. The lowest BCUT2D eigenvalue weighted by molar-refractivity contribution is -0.113. The lowest BCUT2D eigenvalue weighted by atomic mass is 10.1. The third-order valence-corrected chi connectivity index (χ3v) is 6.91. The Morgan fingerprint density at radius 2 is 1.76 bits per heavy atom. The highest BCUT2D eigenvalue weighted by Crippen LogP contribution is 2.32. The number of para-hydroxylation sites is 2. The van der Waals surface area contributed by atoms with E-state index in [1.807, 2.05) is 48.0 Å². The van der Waals surface area contributed by atoms with Gasteiger partial charge in [0.05, 0.1) is 18.4 Å². The first-order valence-electron chi connectivity index (χ1n) is 11.1. The summed E-state index contributed by atoms with van der Waals surface area (Å²) in [5.41, 5.74) is 4.01. The second-order valence-electron chi connectivity index (χ2n) is 7.90. The van der Waals surface area contributed by atoms with Gasteiger partial charge in [0.2, 0.25) is 5.91 Å². The number of hydrogen-bond acceptors (Lipinski definition) is 5. The van der Waals surface area contributed by atoms with Crippen molar-refractivity contribution in [3.8, 4) is 17.1 Å². The summed E-state index contributed by atoms with van der Waals surface area (Å²) in [5, 5.41) is 14.6. The number of benzene rings is 3. The molecule has 2 heterocycles. The van der Waals surface area contributed by atoms with Gasteiger partial charge >= 0.3 is 0 Å². The fourth-order valence-electron chi connectivity index (χ4n) is 4.30. The second-order valence-corrected chi connectivity index (χ2v) is 8.84. The number of nitrogens with one attached hydrogen (secondary N) is 1. The van der Waals surface area contributed by atoms with Crippen LogP contribution in [0.25, 0.3) is 33.2 Å². The number of aromatic nitrogens is 4. The zero-order chi connectivity index (χ0) is 23.7. The molecule has 0 saturated heterocycles. The number of ether oxygens (including phenoxy) is 1. The molecule has 0 radical (unpaired) electrons. The summed E-state index contributed by atoms with van der Waals surface area (Å²) in [7, 11) is 3.52. The van der Waals surface area contributed by atoms with E-state index in [4.69, 9.17) is 4.74 Å². The summed E-state index contributed by atoms with van der Waals surface area (Å²) in [5.74, 6) is 1.56. The molecule has 0 aliphatic rings. The second kappa shape index (κ2) is 9.23. The highest BCUT2D eigenvalue weighted by atomic mass is 32.2. The molecule has 5 aromatic rings. The molecule has 34 heavy (non-hydrogen) atoms. The molecule has 7 nitrogen and oxygen atoms in total. The van der Waals surface area contributed by atoms with Gasteiger partial charge in [-0.2, -0.15) is 0 Å². The minimum Gasteiger partial charge on any atom is -0.496 e. The Morgan fingerprint density at radius 3 is 2.59 bits per heavy atom. The summed E-state index contributed by atoms with van der Waals surface area (Å²) in [6, 6.07) is 22.1. The standard InChI is InChI=1S/C26H25N5O2S/c1-4-31-21-11-7-5-9-18(21)20-15-17(13-14-22(20)31)27-24(32)16-34-26-29-28-25(30(26)2)19-10-6-8-12-23(19)33-3/h5-15H,4,16H2,1-3H3,(H,27,32). The topological polar surface area (TPSA) is 74.0 Å². The number of carbonyl (C=O) groups is 1. The summed E-state index contributed by atoms with van der Waals surface area (Å²) < 4.78 is 9.61. The molecule has 0 saturated carbocycles. The molecule has 8 heteroatoms. The van der Waals surface area contributed by atoms with Crippen LogP contribution in [-0.2, 0) is 18.4 Å². The van der Waals surface area contributed by atoms with Crippen LogP contribution in [0.3, 0.4) is 0 Å². The van der Waals surface area contributed by atoms with Crippen LogP contribution < -0.4 is 10.1 Å². The van der Waals surface area contributed by atoms with Gasteiger partial charge in [-0.3, -0.25) is 4.79 Å². The van der Waals surface area contributed by atoms with Crippen LogP contribution >= 0.6 is 11.8 Å². The molecule has 0 unspecified atom stereocenters. The number of anilines is 1. The maximum Gasteiger partial charge on any atom is 0.234 e. The van der Waals surface area contributed by atoms with E-state index in [0.717, 1.165) is 28.9 Å². The Bertz CT molecular complexity index is 1500. The highest BCUT2D eigenvalue weighted by molar-refractivity contribution is 7.99. The Kier molecular flexibility index (Phi) is 5.98. The molecule has 0 aliphatic heterocycles. The summed E-state index contributed by atoms with van der Waals surface area (Å²) in [4.78, 5) is 12.7. The summed E-state index contributed by atoms with van der Waals surface area (Å²) >= 11 is 1.35.